The Hall–Kier alpha value is -0.940. The first-order valence-corrected chi connectivity index (χ1v) is 9.08. The molecule has 21 heavy (non-hydrogen) atoms. The predicted octanol–water partition coefficient (Wildman–Crippen LogP) is 2.42. The van der Waals surface area contributed by atoms with Crippen molar-refractivity contribution in [2.24, 2.45) is 5.92 Å². The molecule has 2 heterocycles. The molecule has 0 aromatic carbocycles. The van der Waals surface area contributed by atoms with Crippen LogP contribution in [-0.2, 0) is 24.2 Å². The lowest BCUT2D eigenvalue weighted by Gasteiger charge is -2.22. The van der Waals surface area contributed by atoms with Gasteiger partial charge in [0, 0.05) is 11.3 Å². The molecule has 2 aliphatic rings. The Morgan fingerprint density at radius 3 is 2.90 bits per heavy atom. The molecule has 2 N–H and O–H groups in total. The molecule has 1 amide bonds. The molecule has 0 spiro atoms. The highest BCUT2D eigenvalue weighted by molar-refractivity contribution is 7.11. The highest BCUT2D eigenvalue weighted by Gasteiger charge is 2.16. The number of amides is 1. The lowest BCUT2D eigenvalue weighted by Crippen LogP contribution is -2.29. The summed E-state index contributed by atoms with van der Waals surface area (Å²) in [5.41, 5.74) is 1.28. The van der Waals surface area contributed by atoms with E-state index in [1.54, 1.807) is 11.3 Å². The SMILES string of the molecule is O=C(CCC1CCNCC1)NCc1nc2c(s1)CCCC2. The van der Waals surface area contributed by atoms with Crippen molar-refractivity contribution >= 4 is 17.2 Å². The first-order chi connectivity index (χ1) is 10.3. The van der Waals surface area contributed by atoms with Gasteiger partial charge in [0.25, 0.3) is 0 Å². The second-order valence-electron chi connectivity index (χ2n) is 6.19. The summed E-state index contributed by atoms with van der Waals surface area (Å²) in [5.74, 6) is 0.908. The quantitative estimate of drug-likeness (QED) is 0.878. The molecule has 1 aliphatic carbocycles. The number of aryl methyl sites for hydroxylation is 2. The summed E-state index contributed by atoms with van der Waals surface area (Å²) < 4.78 is 0. The second kappa shape index (κ2) is 7.36. The third-order valence-electron chi connectivity index (χ3n) is 4.57. The summed E-state index contributed by atoms with van der Waals surface area (Å²) >= 11 is 1.79. The van der Waals surface area contributed by atoms with Gasteiger partial charge in [0.1, 0.15) is 5.01 Å². The van der Waals surface area contributed by atoms with E-state index in [9.17, 15) is 4.79 Å². The zero-order chi connectivity index (χ0) is 14.5. The number of hydrogen-bond acceptors (Lipinski definition) is 4. The van der Waals surface area contributed by atoms with Gasteiger partial charge in [0.15, 0.2) is 0 Å². The number of hydrogen-bond donors (Lipinski definition) is 2. The zero-order valence-corrected chi connectivity index (χ0v) is 13.4. The molecule has 3 rings (SSSR count). The van der Waals surface area contributed by atoms with Crippen molar-refractivity contribution in [2.45, 2.75) is 57.9 Å². The number of fused-ring (bicyclic) bond motifs is 1. The van der Waals surface area contributed by atoms with Crippen LogP contribution < -0.4 is 10.6 Å². The molecular formula is C16H25N3OS. The van der Waals surface area contributed by atoms with Crippen LogP contribution in [0.25, 0.3) is 0 Å². The fraction of sp³-hybridized carbons (Fsp3) is 0.750. The second-order valence-corrected chi connectivity index (χ2v) is 7.36. The van der Waals surface area contributed by atoms with Gasteiger partial charge in [0.2, 0.25) is 5.91 Å². The molecule has 4 nitrogen and oxygen atoms in total. The summed E-state index contributed by atoms with van der Waals surface area (Å²) in [7, 11) is 0. The molecule has 0 atom stereocenters. The number of piperidine rings is 1. The summed E-state index contributed by atoms with van der Waals surface area (Å²) in [5, 5.41) is 7.49. The molecule has 1 aromatic rings. The van der Waals surface area contributed by atoms with Crippen LogP contribution in [0.3, 0.4) is 0 Å². The summed E-state index contributed by atoms with van der Waals surface area (Å²) in [4.78, 5) is 18.1. The lowest BCUT2D eigenvalue weighted by atomic mass is 9.93. The Bertz CT molecular complexity index is 456. The highest BCUT2D eigenvalue weighted by atomic mass is 32.1. The van der Waals surface area contributed by atoms with E-state index in [1.165, 1.54) is 42.7 Å². The van der Waals surface area contributed by atoms with E-state index in [-0.39, 0.29) is 5.91 Å². The van der Waals surface area contributed by atoms with Crippen molar-refractivity contribution < 1.29 is 4.79 Å². The minimum Gasteiger partial charge on any atom is -0.350 e. The molecule has 1 fully saturated rings. The molecule has 0 radical (unpaired) electrons. The Balaban J connectivity index is 1.39. The third kappa shape index (κ3) is 4.27. The van der Waals surface area contributed by atoms with Crippen LogP contribution in [0.15, 0.2) is 0 Å². The molecule has 116 valence electrons. The van der Waals surface area contributed by atoms with Crippen LogP contribution >= 0.6 is 11.3 Å². The van der Waals surface area contributed by atoms with Crippen molar-refractivity contribution in [1.29, 1.82) is 0 Å². The average Bonchev–Trinajstić information content (AvgIpc) is 2.95. The number of rotatable bonds is 5. The van der Waals surface area contributed by atoms with Gasteiger partial charge in [-0.2, -0.15) is 0 Å². The first kappa shape index (κ1) is 15.0. The fourth-order valence-electron chi connectivity index (χ4n) is 3.25. The standard InChI is InChI=1S/C16H25N3OS/c20-15(6-5-12-7-9-17-10-8-12)18-11-16-19-13-3-1-2-4-14(13)21-16/h12,17H,1-11H2,(H,18,20). The van der Waals surface area contributed by atoms with Gasteiger partial charge in [-0.05, 0) is 64.0 Å². The topological polar surface area (TPSA) is 54.0 Å². The lowest BCUT2D eigenvalue weighted by molar-refractivity contribution is -0.121. The summed E-state index contributed by atoms with van der Waals surface area (Å²) in [6, 6.07) is 0. The maximum atomic E-state index is 12.0. The van der Waals surface area contributed by atoms with E-state index in [2.05, 4.69) is 15.6 Å². The maximum Gasteiger partial charge on any atom is 0.220 e. The number of nitrogens with one attached hydrogen (secondary N) is 2. The fourth-order valence-corrected chi connectivity index (χ4v) is 4.35. The molecule has 1 saturated heterocycles. The number of thiazole rings is 1. The Kier molecular flexibility index (Phi) is 5.25. The van der Waals surface area contributed by atoms with Crippen molar-refractivity contribution in [3.8, 4) is 0 Å². The highest BCUT2D eigenvalue weighted by Crippen LogP contribution is 2.26. The van der Waals surface area contributed by atoms with Crippen LogP contribution in [0.2, 0.25) is 0 Å². The Morgan fingerprint density at radius 1 is 1.29 bits per heavy atom. The molecule has 5 heteroatoms. The van der Waals surface area contributed by atoms with E-state index in [0.29, 0.717) is 13.0 Å². The Labute approximate surface area is 130 Å². The number of nitrogens with zero attached hydrogens (tertiary/aromatic N) is 1. The normalized spacial score (nSPS) is 19.2. The van der Waals surface area contributed by atoms with Crippen LogP contribution in [-0.4, -0.2) is 24.0 Å². The third-order valence-corrected chi connectivity index (χ3v) is 5.72. The predicted molar refractivity (Wildman–Crippen MR) is 85.4 cm³/mol. The monoisotopic (exact) mass is 307 g/mol. The van der Waals surface area contributed by atoms with E-state index < -0.39 is 0 Å². The van der Waals surface area contributed by atoms with E-state index in [1.807, 2.05) is 0 Å². The summed E-state index contributed by atoms with van der Waals surface area (Å²) in [6.45, 7) is 2.83. The van der Waals surface area contributed by atoms with Gasteiger partial charge in [-0.3, -0.25) is 4.79 Å². The number of carbonyl (C=O) groups excluding carboxylic acids is 1. The minimum absolute atomic E-state index is 0.182. The maximum absolute atomic E-state index is 12.0. The van der Waals surface area contributed by atoms with Crippen molar-refractivity contribution in [3.63, 3.8) is 0 Å². The van der Waals surface area contributed by atoms with Crippen molar-refractivity contribution in [1.82, 2.24) is 15.6 Å². The van der Waals surface area contributed by atoms with Gasteiger partial charge in [0.05, 0.1) is 12.2 Å². The number of carbonyl (C=O) groups is 1. The van der Waals surface area contributed by atoms with Gasteiger partial charge in [-0.25, -0.2) is 4.98 Å². The van der Waals surface area contributed by atoms with Gasteiger partial charge in [-0.15, -0.1) is 11.3 Å². The van der Waals surface area contributed by atoms with E-state index in [4.69, 9.17) is 0 Å². The van der Waals surface area contributed by atoms with E-state index in [0.717, 1.165) is 36.9 Å². The Morgan fingerprint density at radius 2 is 2.10 bits per heavy atom. The van der Waals surface area contributed by atoms with Crippen molar-refractivity contribution in [3.05, 3.63) is 15.6 Å². The van der Waals surface area contributed by atoms with Crippen LogP contribution in [0.5, 0.6) is 0 Å². The van der Waals surface area contributed by atoms with Crippen LogP contribution in [0.4, 0.5) is 0 Å². The minimum atomic E-state index is 0.182. The molecule has 1 aromatic heterocycles. The smallest absolute Gasteiger partial charge is 0.220 e. The van der Waals surface area contributed by atoms with E-state index >= 15 is 0 Å². The molecular weight excluding hydrogens is 282 g/mol. The molecule has 0 bridgehead atoms. The van der Waals surface area contributed by atoms with Gasteiger partial charge < -0.3 is 10.6 Å². The first-order valence-electron chi connectivity index (χ1n) is 8.26. The van der Waals surface area contributed by atoms with Gasteiger partial charge in [-0.1, -0.05) is 0 Å². The van der Waals surface area contributed by atoms with Crippen LogP contribution in [0.1, 0.15) is 54.1 Å². The zero-order valence-electron chi connectivity index (χ0n) is 12.6. The molecule has 0 saturated carbocycles. The molecule has 0 unspecified atom stereocenters. The van der Waals surface area contributed by atoms with Gasteiger partial charge >= 0.3 is 0 Å². The summed E-state index contributed by atoms with van der Waals surface area (Å²) in [6.07, 6.45) is 8.97. The largest absolute Gasteiger partial charge is 0.350 e. The average molecular weight is 307 g/mol. The van der Waals surface area contributed by atoms with Crippen LogP contribution in [0, 0.1) is 5.92 Å². The number of aromatic nitrogens is 1. The van der Waals surface area contributed by atoms with Crippen molar-refractivity contribution in [2.75, 3.05) is 13.1 Å². The molecule has 1 aliphatic heterocycles.